The molecule has 11 aromatic carbocycles. The lowest BCUT2D eigenvalue weighted by Gasteiger charge is -2.30. The van der Waals surface area contributed by atoms with Crippen molar-refractivity contribution >= 4 is 93.9 Å². The number of hydrogen-bond donors (Lipinski definition) is 1. The fourth-order valence-corrected chi connectivity index (χ4v) is 13.6. The summed E-state index contributed by atoms with van der Waals surface area (Å²) in [6.07, 6.45) is 13.6. The Labute approximate surface area is 481 Å². The Bertz CT molecular complexity index is 4900. The van der Waals surface area contributed by atoms with Gasteiger partial charge in [0.25, 0.3) is 0 Å². The Hall–Kier alpha value is -10.9. The molecule has 1 aliphatic carbocycles. The zero-order valence-corrected chi connectivity index (χ0v) is 45.5. The van der Waals surface area contributed by atoms with Crippen LogP contribution in [-0.4, -0.2) is 19.7 Å². The molecule has 16 rings (SSSR count). The first-order chi connectivity index (χ1) is 41.0. The summed E-state index contributed by atoms with van der Waals surface area (Å²) in [6.45, 7) is 4.92. The van der Waals surface area contributed by atoms with Crippen molar-refractivity contribution < 1.29 is 0 Å². The van der Waals surface area contributed by atoms with Gasteiger partial charge in [-0.1, -0.05) is 225 Å². The molecule has 0 bridgehead atoms. The number of para-hydroxylation sites is 5. The van der Waals surface area contributed by atoms with Crippen LogP contribution in [0.4, 0.5) is 11.4 Å². The van der Waals surface area contributed by atoms with Gasteiger partial charge in [0.15, 0.2) is 0 Å². The van der Waals surface area contributed by atoms with Gasteiger partial charge >= 0.3 is 0 Å². The zero-order chi connectivity index (χ0) is 55.1. The third kappa shape index (κ3) is 7.84. The maximum absolute atomic E-state index is 7.63. The average molecular weight is 1060 g/mol. The van der Waals surface area contributed by atoms with Gasteiger partial charge < -0.3 is 19.8 Å². The maximum Gasteiger partial charge on any atom is 0.108 e. The van der Waals surface area contributed by atoms with Crippen LogP contribution in [0.25, 0.3) is 122 Å². The van der Waals surface area contributed by atoms with Gasteiger partial charge in [0.05, 0.1) is 44.8 Å². The first-order valence-electron chi connectivity index (χ1n) is 28.5. The van der Waals surface area contributed by atoms with Gasteiger partial charge in [-0.3, -0.25) is 4.57 Å². The third-order valence-electron chi connectivity index (χ3n) is 17.2. The van der Waals surface area contributed by atoms with Gasteiger partial charge in [-0.2, -0.15) is 0 Å². The number of rotatable bonds is 10. The van der Waals surface area contributed by atoms with Crippen LogP contribution in [0.2, 0.25) is 0 Å². The van der Waals surface area contributed by atoms with Crippen LogP contribution in [0, 0.1) is 0 Å². The van der Waals surface area contributed by atoms with Crippen LogP contribution in [0.15, 0.2) is 304 Å². The standard InChI is InChI=1S/C78H55N5/c1-51(80-70-35-17-11-29-62(70)63-30-12-18-36-71(63)80)43-55(50-76(79)83-74-39-21-13-31-64(74)65-32-14-22-40-75(65)83)59-45-58(54-27-9-4-10-28-54)48-61(49-59)82-73-38-20-16-34-67(73)69-42-41-68-66-33-15-19-37-72(66)81(77(68)78(69)82)60-46-56(52-23-5-2-6-24-52)44-57(47-60)53-25-7-3-8-26-53/h2-50,66,72H,1,79H2/b55-43+,76-50+. The topological polar surface area (TPSA) is 44.0 Å². The van der Waals surface area contributed by atoms with Gasteiger partial charge in [-0.15, -0.1) is 0 Å². The highest BCUT2D eigenvalue weighted by Crippen LogP contribution is 2.54. The van der Waals surface area contributed by atoms with Crippen molar-refractivity contribution in [2.24, 2.45) is 5.73 Å². The van der Waals surface area contributed by atoms with Crippen LogP contribution in [0.5, 0.6) is 0 Å². The van der Waals surface area contributed by atoms with Gasteiger partial charge in [0.2, 0.25) is 0 Å². The molecule has 392 valence electrons. The van der Waals surface area contributed by atoms with Gasteiger partial charge in [0, 0.05) is 55.3 Å². The molecule has 2 aliphatic rings. The highest BCUT2D eigenvalue weighted by Gasteiger charge is 2.40. The Morgan fingerprint density at radius 2 is 0.831 bits per heavy atom. The number of benzene rings is 11. The van der Waals surface area contributed by atoms with E-state index >= 15 is 0 Å². The molecule has 0 fully saturated rings. The van der Waals surface area contributed by atoms with Crippen molar-refractivity contribution in [2.45, 2.75) is 12.0 Å². The molecule has 5 nitrogen and oxygen atoms in total. The van der Waals surface area contributed by atoms with E-state index in [1.54, 1.807) is 0 Å². The number of aromatic nitrogens is 3. The Morgan fingerprint density at radius 1 is 0.386 bits per heavy atom. The molecule has 0 saturated heterocycles. The predicted octanol–water partition coefficient (Wildman–Crippen LogP) is 19.7. The van der Waals surface area contributed by atoms with Gasteiger partial charge in [-0.05, 0) is 129 Å². The minimum absolute atomic E-state index is 0.0308. The van der Waals surface area contributed by atoms with E-state index in [9.17, 15) is 0 Å². The summed E-state index contributed by atoms with van der Waals surface area (Å²) >= 11 is 0. The van der Waals surface area contributed by atoms with E-state index in [2.05, 4.69) is 316 Å². The van der Waals surface area contributed by atoms with Crippen LogP contribution in [0.1, 0.15) is 17.0 Å². The highest BCUT2D eigenvalue weighted by molar-refractivity contribution is 6.16. The number of allylic oxidation sites excluding steroid dienone is 6. The number of fused-ring (bicyclic) bond motifs is 13. The molecule has 0 saturated carbocycles. The first kappa shape index (κ1) is 48.1. The molecule has 4 heterocycles. The van der Waals surface area contributed by atoms with E-state index in [1.165, 1.54) is 55.0 Å². The predicted molar refractivity (Wildman–Crippen MR) is 351 cm³/mol. The van der Waals surface area contributed by atoms with Crippen molar-refractivity contribution in [3.05, 3.63) is 315 Å². The molecular formula is C78H55N5. The third-order valence-corrected chi connectivity index (χ3v) is 17.2. The summed E-state index contributed by atoms with van der Waals surface area (Å²) in [5, 5.41) is 7.03. The van der Waals surface area contributed by atoms with Crippen LogP contribution in [-0.2, 0) is 0 Å². The molecular weight excluding hydrogens is 1010 g/mol. The van der Waals surface area contributed by atoms with E-state index in [0.717, 1.165) is 83.2 Å². The van der Waals surface area contributed by atoms with Crippen molar-refractivity contribution in [3.63, 3.8) is 0 Å². The Kier molecular flexibility index (Phi) is 11.3. The molecule has 1 aliphatic heterocycles. The lowest BCUT2D eigenvalue weighted by atomic mass is 9.91. The molecule has 2 atom stereocenters. The van der Waals surface area contributed by atoms with Crippen molar-refractivity contribution in [1.29, 1.82) is 0 Å². The van der Waals surface area contributed by atoms with Crippen molar-refractivity contribution in [3.8, 4) is 39.1 Å². The van der Waals surface area contributed by atoms with Crippen LogP contribution < -0.4 is 10.6 Å². The van der Waals surface area contributed by atoms with Crippen molar-refractivity contribution in [2.75, 3.05) is 4.90 Å². The Morgan fingerprint density at radius 3 is 1.37 bits per heavy atom. The normalized spacial score (nSPS) is 15.1. The summed E-state index contributed by atoms with van der Waals surface area (Å²) < 4.78 is 7.03. The summed E-state index contributed by atoms with van der Waals surface area (Å²) in [4.78, 5) is 2.63. The zero-order valence-electron chi connectivity index (χ0n) is 45.5. The minimum Gasteiger partial charge on any atom is -0.385 e. The molecule has 83 heavy (non-hydrogen) atoms. The molecule has 14 aromatic rings. The first-order valence-corrected chi connectivity index (χ1v) is 28.5. The van der Waals surface area contributed by atoms with E-state index < -0.39 is 0 Å². The largest absolute Gasteiger partial charge is 0.385 e. The second kappa shape index (κ2) is 19.4. The second-order valence-corrected chi connectivity index (χ2v) is 21.9. The quantitative estimate of drug-likeness (QED) is 0.139. The smallest absolute Gasteiger partial charge is 0.108 e. The number of anilines is 2. The lowest BCUT2D eigenvalue weighted by Crippen LogP contribution is -2.28. The van der Waals surface area contributed by atoms with Crippen molar-refractivity contribution in [1.82, 2.24) is 13.7 Å². The van der Waals surface area contributed by atoms with E-state index in [1.807, 2.05) is 0 Å². The van der Waals surface area contributed by atoms with Crippen LogP contribution in [0.3, 0.4) is 0 Å². The van der Waals surface area contributed by atoms with E-state index in [4.69, 9.17) is 12.3 Å². The average Bonchev–Trinajstić information content (AvgIpc) is 2.14. The molecule has 0 radical (unpaired) electrons. The number of hydrogen-bond acceptors (Lipinski definition) is 2. The van der Waals surface area contributed by atoms with E-state index in [-0.39, 0.29) is 12.0 Å². The number of nitrogens with zero attached hydrogens (tertiary/aromatic N) is 4. The van der Waals surface area contributed by atoms with Crippen LogP contribution >= 0.6 is 0 Å². The molecule has 3 aromatic heterocycles. The summed E-state index contributed by atoms with van der Waals surface area (Å²) in [5.74, 6) is 0.713. The molecule has 0 amide bonds. The lowest BCUT2D eigenvalue weighted by molar-refractivity contribution is 0.745. The monoisotopic (exact) mass is 1060 g/mol. The highest BCUT2D eigenvalue weighted by atomic mass is 15.2. The second-order valence-electron chi connectivity index (χ2n) is 21.9. The summed E-state index contributed by atoms with van der Waals surface area (Å²) in [6, 6.07) is 94.6. The molecule has 0 spiro atoms. The minimum atomic E-state index is 0.0308. The molecule has 2 unspecified atom stereocenters. The summed E-state index contributed by atoms with van der Waals surface area (Å²) in [5.41, 5.74) is 28.4. The fourth-order valence-electron chi connectivity index (χ4n) is 13.6. The van der Waals surface area contributed by atoms with Gasteiger partial charge in [0.1, 0.15) is 5.82 Å². The van der Waals surface area contributed by atoms with E-state index in [0.29, 0.717) is 5.82 Å². The van der Waals surface area contributed by atoms with Gasteiger partial charge in [-0.25, -0.2) is 0 Å². The SMILES string of the molecule is C=C(/C=C(\C=C(/N)n1c2ccccc2c2ccccc21)c1cc(-c2ccccc2)cc(-n2c3ccccc3c3ccc4c(c32)N(c2cc(-c3ccccc3)cc(-c3ccccc3)c2)C2C=CC=CC42)c1)n1c2ccccc2c2ccccc21. The number of nitrogens with two attached hydrogens (primary N) is 1. The Balaban J connectivity index is 0.979. The fraction of sp³-hybridized carbons (Fsp3) is 0.0256. The molecule has 5 heteroatoms. The maximum atomic E-state index is 7.63. The summed E-state index contributed by atoms with van der Waals surface area (Å²) in [7, 11) is 0. The molecule has 2 N–H and O–H groups in total.